The van der Waals surface area contributed by atoms with E-state index < -0.39 is 5.25 Å². The molecule has 0 aliphatic carbocycles. The highest BCUT2D eigenvalue weighted by Crippen LogP contribution is 2.38. The smallest absolute Gasteiger partial charge is 0.242 e. The highest BCUT2D eigenvalue weighted by atomic mass is 32.2. The van der Waals surface area contributed by atoms with Gasteiger partial charge < -0.3 is 10.1 Å². The summed E-state index contributed by atoms with van der Waals surface area (Å²) < 4.78 is 7.27. The summed E-state index contributed by atoms with van der Waals surface area (Å²) in [5.41, 5.74) is 3.29. The van der Waals surface area contributed by atoms with E-state index >= 15 is 0 Å². The van der Waals surface area contributed by atoms with Gasteiger partial charge >= 0.3 is 0 Å². The van der Waals surface area contributed by atoms with Crippen LogP contribution in [0.4, 0.5) is 5.69 Å². The summed E-state index contributed by atoms with van der Waals surface area (Å²) in [6, 6.07) is 30.6. The minimum Gasteiger partial charge on any atom is -0.497 e. The molecule has 1 atom stereocenters. The summed E-state index contributed by atoms with van der Waals surface area (Å²) in [6.45, 7) is 0. The van der Waals surface area contributed by atoms with Crippen molar-refractivity contribution in [3.05, 3.63) is 115 Å². The number of methoxy groups -OCH3 is 1. The molecular weight excluding hydrogens is 470 g/mol. The van der Waals surface area contributed by atoms with Crippen LogP contribution >= 0.6 is 11.8 Å². The van der Waals surface area contributed by atoms with Crippen molar-refractivity contribution in [3.8, 4) is 22.8 Å². The monoisotopic (exact) mass is 493 g/mol. The zero-order chi connectivity index (χ0) is 24.7. The number of hydrogen-bond acceptors (Lipinski definition) is 6. The van der Waals surface area contributed by atoms with E-state index in [2.05, 4.69) is 20.5 Å². The maximum atomic E-state index is 13.6. The maximum Gasteiger partial charge on any atom is 0.242 e. The number of amides is 1. The zero-order valence-corrected chi connectivity index (χ0v) is 20.3. The fourth-order valence-corrected chi connectivity index (χ4v) is 4.81. The molecule has 36 heavy (non-hydrogen) atoms. The van der Waals surface area contributed by atoms with Gasteiger partial charge in [-0.15, -0.1) is 10.2 Å². The molecule has 7 nitrogen and oxygen atoms in total. The van der Waals surface area contributed by atoms with E-state index in [1.165, 1.54) is 11.8 Å². The van der Waals surface area contributed by atoms with E-state index in [0.29, 0.717) is 22.4 Å². The van der Waals surface area contributed by atoms with Gasteiger partial charge in [0, 0.05) is 35.4 Å². The first kappa shape index (κ1) is 23.3. The number of thioether (sulfide) groups is 1. The van der Waals surface area contributed by atoms with Crippen molar-refractivity contribution in [2.75, 3.05) is 12.4 Å². The summed E-state index contributed by atoms with van der Waals surface area (Å²) in [5.74, 6) is 1.17. The maximum absolute atomic E-state index is 13.6. The third kappa shape index (κ3) is 5.13. The average molecular weight is 494 g/mol. The average Bonchev–Trinajstić information content (AvgIpc) is 3.37. The lowest BCUT2D eigenvalue weighted by Gasteiger charge is -2.18. The molecule has 0 fully saturated rings. The molecule has 3 aromatic carbocycles. The van der Waals surface area contributed by atoms with Gasteiger partial charge in [-0.3, -0.25) is 14.3 Å². The Morgan fingerprint density at radius 1 is 0.889 bits per heavy atom. The summed E-state index contributed by atoms with van der Waals surface area (Å²) in [5, 5.41) is 12.1. The molecule has 1 unspecified atom stereocenters. The number of carbonyl (C=O) groups is 1. The number of benzene rings is 3. The van der Waals surface area contributed by atoms with Gasteiger partial charge in [-0.05, 0) is 42.0 Å². The number of pyridine rings is 1. The molecule has 0 spiro atoms. The molecule has 0 bridgehead atoms. The molecule has 0 saturated heterocycles. The third-order valence-corrected chi connectivity index (χ3v) is 6.68. The van der Waals surface area contributed by atoms with E-state index in [9.17, 15) is 4.79 Å². The van der Waals surface area contributed by atoms with Gasteiger partial charge in [-0.2, -0.15) is 0 Å². The Morgan fingerprint density at radius 2 is 1.61 bits per heavy atom. The first-order valence-electron chi connectivity index (χ1n) is 11.3. The summed E-state index contributed by atoms with van der Waals surface area (Å²) in [7, 11) is 1.60. The first-order chi connectivity index (χ1) is 17.7. The SMILES string of the molecule is COc1cccc(NC(=O)C(Sc2nnc(-c3ccncc3)n2-c2ccccc2)c2ccccc2)c1. The number of rotatable bonds is 8. The number of anilines is 1. The Morgan fingerprint density at radius 3 is 2.33 bits per heavy atom. The number of ether oxygens (including phenoxy) is 1. The lowest BCUT2D eigenvalue weighted by Crippen LogP contribution is -2.19. The van der Waals surface area contributed by atoms with Gasteiger partial charge in [0.25, 0.3) is 0 Å². The topological polar surface area (TPSA) is 81.9 Å². The van der Waals surface area contributed by atoms with Crippen LogP contribution < -0.4 is 10.1 Å². The van der Waals surface area contributed by atoms with Crippen LogP contribution in [0.5, 0.6) is 5.75 Å². The molecule has 0 aliphatic heterocycles. The third-order valence-electron chi connectivity index (χ3n) is 5.49. The molecular formula is C28H23N5O2S. The number of hydrogen-bond donors (Lipinski definition) is 1. The highest BCUT2D eigenvalue weighted by molar-refractivity contribution is 8.00. The van der Waals surface area contributed by atoms with Crippen LogP contribution in [0.25, 0.3) is 17.1 Å². The highest BCUT2D eigenvalue weighted by Gasteiger charge is 2.27. The zero-order valence-electron chi connectivity index (χ0n) is 19.5. The Kier molecular flexibility index (Phi) is 7.05. The van der Waals surface area contributed by atoms with Crippen LogP contribution in [0.1, 0.15) is 10.8 Å². The fraction of sp³-hybridized carbons (Fsp3) is 0.0714. The second kappa shape index (κ2) is 10.9. The molecule has 0 saturated carbocycles. The molecule has 2 aromatic heterocycles. The minimum absolute atomic E-state index is 0.174. The van der Waals surface area contributed by atoms with E-state index in [4.69, 9.17) is 4.74 Å². The molecule has 178 valence electrons. The quantitative estimate of drug-likeness (QED) is 0.275. The molecule has 5 rings (SSSR count). The lowest BCUT2D eigenvalue weighted by molar-refractivity contribution is -0.115. The standard InChI is InChI=1S/C28H23N5O2S/c1-35-24-14-8-11-22(19-24)30-27(34)25(20-9-4-2-5-10-20)36-28-32-31-26(21-15-17-29-18-16-21)33(28)23-12-6-3-7-13-23/h2-19,25H,1H3,(H,30,34). The number of nitrogens with one attached hydrogen (secondary N) is 1. The number of para-hydroxylation sites is 1. The van der Waals surface area contributed by atoms with Crippen LogP contribution in [-0.4, -0.2) is 32.8 Å². The molecule has 1 N–H and O–H groups in total. The normalized spacial score (nSPS) is 11.6. The molecule has 2 heterocycles. The van der Waals surface area contributed by atoms with E-state index in [0.717, 1.165) is 16.8 Å². The summed E-state index contributed by atoms with van der Waals surface area (Å²) >= 11 is 1.35. The van der Waals surface area contributed by atoms with Crippen LogP contribution in [0.2, 0.25) is 0 Å². The second-order valence-electron chi connectivity index (χ2n) is 7.84. The van der Waals surface area contributed by atoms with Gasteiger partial charge in [0.1, 0.15) is 11.0 Å². The second-order valence-corrected chi connectivity index (χ2v) is 8.92. The van der Waals surface area contributed by atoms with E-state index in [1.54, 1.807) is 25.6 Å². The van der Waals surface area contributed by atoms with Crippen LogP contribution in [0, 0.1) is 0 Å². The molecule has 5 aromatic rings. The van der Waals surface area contributed by atoms with Crippen LogP contribution in [0.3, 0.4) is 0 Å². The van der Waals surface area contributed by atoms with Gasteiger partial charge in [-0.1, -0.05) is 66.4 Å². The Balaban J connectivity index is 1.54. The van der Waals surface area contributed by atoms with Crippen molar-refractivity contribution in [1.29, 1.82) is 0 Å². The molecule has 1 amide bonds. The Hall–Kier alpha value is -4.43. The van der Waals surface area contributed by atoms with Crippen molar-refractivity contribution in [3.63, 3.8) is 0 Å². The van der Waals surface area contributed by atoms with Gasteiger partial charge in [-0.25, -0.2) is 0 Å². The van der Waals surface area contributed by atoms with Crippen molar-refractivity contribution in [2.24, 2.45) is 0 Å². The molecule has 0 radical (unpaired) electrons. The Labute approximate surface area is 213 Å². The van der Waals surface area contributed by atoms with Crippen LogP contribution in [-0.2, 0) is 4.79 Å². The molecule has 0 aliphatic rings. The summed E-state index contributed by atoms with van der Waals surface area (Å²) in [6.07, 6.45) is 3.45. The number of aromatic nitrogens is 4. The van der Waals surface area contributed by atoms with E-state index in [1.807, 2.05) is 95.6 Å². The predicted octanol–water partition coefficient (Wildman–Crippen LogP) is 5.81. The van der Waals surface area contributed by atoms with Crippen molar-refractivity contribution in [1.82, 2.24) is 19.7 Å². The van der Waals surface area contributed by atoms with Crippen molar-refractivity contribution < 1.29 is 9.53 Å². The van der Waals surface area contributed by atoms with Gasteiger partial charge in [0.05, 0.1) is 7.11 Å². The number of carbonyl (C=O) groups excluding carboxylic acids is 1. The van der Waals surface area contributed by atoms with Crippen molar-refractivity contribution >= 4 is 23.4 Å². The van der Waals surface area contributed by atoms with Crippen molar-refractivity contribution in [2.45, 2.75) is 10.4 Å². The van der Waals surface area contributed by atoms with E-state index in [-0.39, 0.29) is 5.91 Å². The predicted molar refractivity (Wildman–Crippen MR) is 141 cm³/mol. The number of nitrogens with zero attached hydrogens (tertiary/aromatic N) is 4. The largest absolute Gasteiger partial charge is 0.497 e. The minimum atomic E-state index is -0.575. The fourth-order valence-electron chi connectivity index (χ4n) is 3.76. The van der Waals surface area contributed by atoms with Gasteiger partial charge in [0.2, 0.25) is 5.91 Å². The summed E-state index contributed by atoms with van der Waals surface area (Å²) in [4.78, 5) is 17.7. The Bertz CT molecular complexity index is 1440. The van der Waals surface area contributed by atoms with Crippen LogP contribution in [0.15, 0.2) is 115 Å². The molecule has 8 heteroatoms. The first-order valence-corrected chi connectivity index (χ1v) is 12.2. The van der Waals surface area contributed by atoms with Gasteiger partial charge in [0.15, 0.2) is 11.0 Å². The lowest BCUT2D eigenvalue weighted by atomic mass is 10.1.